The summed E-state index contributed by atoms with van der Waals surface area (Å²) >= 11 is 0. The van der Waals surface area contributed by atoms with Crippen molar-refractivity contribution in [1.29, 1.82) is 0 Å². The van der Waals surface area contributed by atoms with E-state index in [0.29, 0.717) is 6.42 Å². The SMILES string of the molecule is CCC[C@H](O)[C@](C)(OCc1ccc(-c2ccccc2)cc1)C(=O)CO. The van der Waals surface area contributed by atoms with Crippen molar-refractivity contribution in [3.05, 3.63) is 60.2 Å². The van der Waals surface area contributed by atoms with Crippen molar-refractivity contribution >= 4 is 5.78 Å². The van der Waals surface area contributed by atoms with Crippen LogP contribution in [-0.4, -0.2) is 34.3 Å². The number of aliphatic hydroxyl groups is 2. The third kappa shape index (κ3) is 4.75. The van der Waals surface area contributed by atoms with E-state index >= 15 is 0 Å². The lowest BCUT2D eigenvalue weighted by Gasteiger charge is -2.32. The number of carbonyl (C=O) groups excluding carboxylic acids is 1. The first-order chi connectivity index (χ1) is 12.0. The van der Waals surface area contributed by atoms with Gasteiger partial charge in [0.1, 0.15) is 6.61 Å². The van der Waals surface area contributed by atoms with Crippen LogP contribution in [0.2, 0.25) is 0 Å². The topological polar surface area (TPSA) is 66.8 Å². The Morgan fingerprint density at radius 3 is 2.24 bits per heavy atom. The second-order valence-corrected chi connectivity index (χ2v) is 6.34. The molecule has 0 aliphatic carbocycles. The van der Waals surface area contributed by atoms with Crippen LogP contribution in [0.3, 0.4) is 0 Å². The molecule has 0 aromatic heterocycles. The summed E-state index contributed by atoms with van der Waals surface area (Å²) in [6.45, 7) is 3.02. The van der Waals surface area contributed by atoms with Gasteiger partial charge >= 0.3 is 0 Å². The van der Waals surface area contributed by atoms with Crippen molar-refractivity contribution in [2.24, 2.45) is 0 Å². The first-order valence-electron chi connectivity index (χ1n) is 8.61. The molecule has 2 atom stereocenters. The molecule has 0 aliphatic heterocycles. The number of rotatable bonds is 9. The van der Waals surface area contributed by atoms with Gasteiger partial charge in [0.15, 0.2) is 11.4 Å². The van der Waals surface area contributed by atoms with E-state index in [2.05, 4.69) is 0 Å². The molecule has 0 saturated heterocycles. The van der Waals surface area contributed by atoms with Crippen LogP contribution in [0.5, 0.6) is 0 Å². The van der Waals surface area contributed by atoms with Crippen LogP contribution >= 0.6 is 0 Å². The Morgan fingerprint density at radius 2 is 1.68 bits per heavy atom. The van der Waals surface area contributed by atoms with E-state index in [1.807, 2.05) is 61.5 Å². The Bertz CT molecular complexity index is 666. The number of hydrogen-bond donors (Lipinski definition) is 2. The fraction of sp³-hybridized carbons (Fsp3) is 0.381. The molecule has 134 valence electrons. The highest BCUT2D eigenvalue weighted by Crippen LogP contribution is 2.24. The standard InChI is InChI=1S/C21H26O4/c1-3-7-19(23)21(2,20(24)14-22)25-15-16-10-12-18(13-11-16)17-8-5-4-6-9-17/h4-6,8-13,19,22-23H,3,7,14-15H2,1-2H3/t19-,21-/m0/s1. The van der Waals surface area contributed by atoms with E-state index in [0.717, 1.165) is 23.1 Å². The van der Waals surface area contributed by atoms with Crippen molar-refractivity contribution in [1.82, 2.24) is 0 Å². The molecule has 0 heterocycles. The fourth-order valence-corrected chi connectivity index (χ4v) is 2.73. The molecule has 2 aromatic carbocycles. The van der Waals surface area contributed by atoms with Crippen LogP contribution in [-0.2, 0) is 16.1 Å². The summed E-state index contributed by atoms with van der Waals surface area (Å²) in [7, 11) is 0. The van der Waals surface area contributed by atoms with Crippen LogP contribution in [0, 0.1) is 0 Å². The van der Waals surface area contributed by atoms with E-state index in [-0.39, 0.29) is 6.61 Å². The summed E-state index contributed by atoms with van der Waals surface area (Å²) in [4.78, 5) is 12.1. The van der Waals surface area contributed by atoms with E-state index in [4.69, 9.17) is 4.74 Å². The second-order valence-electron chi connectivity index (χ2n) is 6.34. The minimum Gasteiger partial charge on any atom is -0.390 e. The summed E-state index contributed by atoms with van der Waals surface area (Å²) in [6, 6.07) is 17.9. The first-order valence-corrected chi connectivity index (χ1v) is 8.61. The predicted molar refractivity (Wildman–Crippen MR) is 98.1 cm³/mol. The van der Waals surface area contributed by atoms with Crippen LogP contribution in [0.15, 0.2) is 54.6 Å². The van der Waals surface area contributed by atoms with Crippen molar-refractivity contribution in [2.45, 2.75) is 45.0 Å². The molecule has 0 unspecified atom stereocenters. The average Bonchev–Trinajstić information content (AvgIpc) is 2.66. The molecule has 0 spiro atoms. The number of hydrogen-bond acceptors (Lipinski definition) is 4. The van der Waals surface area contributed by atoms with Gasteiger partial charge in [0, 0.05) is 0 Å². The van der Waals surface area contributed by atoms with Crippen LogP contribution in [0.1, 0.15) is 32.3 Å². The maximum absolute atomic E-state index is 12.1. The van der Waals surface area contributed by atoms with E-state index in [1.54, 1.807) is 6.92 Å². The number of benzene rings is 2. The highest BCUT2D eigenvalue weighted by Gasteiger charge is 2.40. The van der Waals surface area contributed by atoms with Gasteiger partial charge in [0.05, 0.1) is 12.7 Å². The molecule has 2 rings (SSSR count). The van der Waals surface area contributed by atoms with Gasteiger partial charge in [-0.1, -0.05) is 67.9 Å². The molecule has 2 aromatic rings. The maximum Gasteiger partial charge on any atom is 0.192 e. The number of carbonyl (C=O) groups is 1. The Kier molecular flexibility index (Phi) is 6.88. The molecule has 0 aliphatic rings. The zero-order chi connectivity index (χ0) is 18.3. The fourth-order valence-electron chi connectivity index (χ4n) is 2.73. The monoisotopic (exact) mass is 342 g/mol. The van der Waals surface area contributed by atoms with Gasteiger partial charge < -0.3 is 14.9 Å². The van der Waals surface area contributed by atoms with Crippen molar-refractivity contribution in [2.75, 3.05) is 6.61 Å². The van der Waals surface area contributed by atoms with Gasteiger partial charge in [0.2, 0.25) is 0 Å². The van der Waals surface area contributed by atoms with E-state index < -0.39 is 24.1 Å². The van der Waals surface area contributed by atoms with Crippen LogP contribution in [0.25, 0.3) is 11.1 Å². The smallest absolute Gasteiger partial charge is 0.192 e. The largest absolute Gasteiger partial charge is 0.390 e. The minimum atomic E-state index is -1.40. The molecular weight excluding hydrogens is 316 g/mol. The van der Waals surface area contributed by atoms with E-state index in [1.165, 1.54) is 0 Å². The van der Waals surface area contributed by atoms with Gasteiger partial charge in [-0.25, -0.2) is 0 Å². The number of ether oxygens (including phenoxy) is 1. The van der Waals surface area contributed by atoms with Gasteiger partial charge in [0.25, 0.3) is 0 Å². The highest BCUT2D eigenvalue weighted by molar-refractivity contribution is 5.88. The van der Waals surface area contributed by atoms with Crippen molar-refractivity contribution in [3.8, 4) is 11.1 Å². The molecule has 0 radical (unpaired) electrons. The van der Waals surface area contributed by atoms with Crippen molar-refractivity contribution in [3.63, 3.8) is 0 Å². The van der Waals surface area contributed by atoms with Crippen LogP contribution in [0.4, 0.5) is 0 Å². The average molecular weight is 342 g/mol. The molecule has 2 N–H and O–H groups in total. The zero-order valence-corrected chi connectivity index (χ0v) is 14.8. The summed E-state index contributed by atoms with van der Waals surface area (Å²) in [6.07, 6.45) is 0.223. The molecule has 0 saturated carbocycles. The number of Topliss-reactive ketones (excluding diaryl/α,β-unsaturated/α-hetero) is 1. The zero-order valence-electron chi connectivity index (χ0n) is 14.8. The second kappa shape index (κ2) is 8.90. The maximum atomic E-state index is 12.1. The normalized spacial score (nSPS) is 14.7. The van der Waals surface area contributed by atoms with Gasteiger partial charge in [-0.15, -0.1) is 0 Å². The molecule has 0 amide bonds. The lowest BCUT2D eigenvalue weighted by molar-refractivity contribution is -0.165. The molecule has 25 heavy (non-hydrogen) atoms. The quantitative estimate of drug-likeness (QED) is 0.733. The third-order valence-corrected chi connectivity index (χ3v) is 4.49. The van der Waals surface area contributed by atoms with E-state index in [9.17, 15) is 15.0 Å². The van der Waals surface area contributed by atoms with Crippen LogP contribution < -0.4 is 0 Å². The summed E-state index contributed by atoms with van der Waals surface area (Å²) in [5, 5.41) is 19.5. The third-order valence-electron chi connectivity index (χ3n) is 4.49. The Morgan fingerprint density at radius 1 is 1.08 bits per heavy atom. The molecule has 4 nitrogen and oxygen atoms in total. The number of aliphatic hydroxyl groups excluding tert-OH is 2. The molecular formula is C21H26O4. The first kappa shape index (κ1) is 19.3. The summed E-state index contributed by atoms with van der Waals surface area (Å²) < 4.78 is 5.77. The summed E-state index contributed by atoms with van der Waals surface area (Å²) in [5.41, 5.74) is 1.74. The molecule has 0 fully saturated rings. The Hall–Kier alpha value is -2.01. The van der Waals surface area contributed by atoms with Gasteiger partial charge in [-0.05, 0) is 30.0 Å². The Labute approximate surface area is 149 Å². The molecule has 0 bridgehead atoms. The lowest BCUT2D eigenvalue weighted by Crippen LogP contribution is -2.50. The number of ketones is 1. The Balaban J connectivity index is 2.08. The highest BCUT2D eigenvalue weighted by atomic mass is 16.5. The van der Waals surface area contributed by atoms with Gasteiger partial charge in [-0.3, -0.25) is 4.79 Å². The summed E-state index contributed by atoms with van der Waals surface area (Å²) in [5.74, 6) is -0.505. The van der Waals surface area contributed by atoms with Gasteiger partial charge in [-0.2, -0.15) is 0 Å². The molecule has 4 heteroatoms. The van der Waals surface area contributed by atoms with Crippen molar-refractivity contribution < 1.29 is 19.7 Å². The minimum absolute atomic E-state index is 0.193. The predicted octanol–water partition coefficient (Wildman–Crippen LogP) is 3.35. The lowest BCUT2D eigenvalue weighted by atomic mass is 9.90.